The molecule has 2 rings (SSSR count). The molecule has 2 aliphatic heterocycles. The second-order valence-electron chi connectivity index (χ2n) is 6.26. The number of rotatable bonds is 4. The third-order valence-corrected chi connectivity index (χ3v) is 4.69. The summed E-state index contributed by atoms with van der Waals surface area (Å²) in [4.78, 5) is 28.4. The fraction of sp³-hybridized carbons (Fsp3) is 0.786. The lowest BCUT2D eigenvalue weighted by Gasteiger charge is -2.37. The van der Waals surface area contributed by atoms with E-state index in [-0.39, 0.29) is 18.4 Å². The molecule has 0 aromatic heterocycles. The molecule has 1 atom stereocenters. The number of nitrogens with zero attached hydrogens (tertiary/aromatic N) is 3. The minimum absolute atomic E-state index is 0.0545. The van der Waals surface area contributed by atoms with E-state index in [1.54, 1.807) is 6.92 Å². The highest BCUT2D eigenvalue weighted by Crippen LogP contribution is 2.29. The van der Waals surface area contributed by atoms with Crippen molar-refractivity contribution in [1.29, 1.82) is 0 Å². The van der Waals surface area contributed by atoms with Crippen molar-refractivity contribution < 1.29 is 19.4 Å². The van der Waals surface area contributed by atoms with Crippen molar-refractivity contribution in [3.8, 4) is 0 Å². The first-order valence-electron chi connectivity index (χ1n) is 7.48. The highest BCUT2D eigenvalue weighted by molar-refractivity contribution is 7.80. The SMILES string of the molecule is CCOC(=O)CC(C)(C)N1CC2CN(C(=O)O)CCN2C1=S. The third-order valence-electron chi connectivity index (χ3n) is 4.24. The van der Waals surface area contributed by atoms with Gasteiger partial charge in [0.15, 0.2) is 5.11 Å². The van der Waals surface area contributed by atoms with Crippen molar-refractivity contribution >= 4 is 29.4 Å². The van der Waals surface area contributed by atoms with Gasteiger partial charge in [0.05, 0.1) is 19.1 Å². The standard InChI is InChI=1S/C14H23N3O4S/c1-4-21-11(18)7-14(2,3)17-9-10-8-15(13(19)20)5-6-16(10)12(17)22/h10H,4-9H2,1-3H3,(H,19,20). The molecule has 2 saturated heterocycles. The minimum Gasteiger partial charge on any atom is -0.466 e. The van der Waals surface area contributed by atoms with Gasteiger partial charge in [-0.2, -0.15) is 0 Å². The summed E-state index contributed by atoms with van der Waals surface area (Å²) in [5.74, 6) is -0.243. The molecule has 7 nitrogen and oxygen atoms in total. The molecule has 0 spiro atoms. The maximum absolute atomic E-state index is 11.8. The van der Waals surface area contributed by atoms with Crippen LogP contribution in [0.5, 0.6) is 0 Å². The van der Waals surface area contributed by atoms with Gasteiger partial charge in [-0.1, -0.05) is 0 Å². The summed E-state index contributed by atoms with van der Waals surface area (Å²) in [6.07, 6.45) is -0.640. The van der Waals surface area contributed by atoms with E-state index in [0.717, 1.165) is 0 Å². The molecule has 0 bridgehead atoms. The van der Waals surface area contributed by atoms with E-state index < -0.39 is 11.6 Å². The number of hydrogen-bond acceptors (Lipinski definition) is 4. The van der Waals surface area contributed by atoms with E-state index in [2.05, 4.69) is 4.90 Å². The summed E-state index contributed by atoms with van der Waals surface area (Å²) in [6.45, 7) is 8.21. The third kappa shape index (κ3) is 3.26. The van der Waals surface area contributed by atoms with Gasteiger partial charge in [0.2, 0.25) is 0 Å². The highest BCUT2D eigenvalue weighted by Gasteiger charge is 2.45. The highest BCUT2D eigenvalue weighted by atomic mass is 32.1. The maximum atomic E-state index is 11.8. The Morgan fingerprint density at radius 3 is 2.64 bits per heavy atom. The first-order chi connectivity index (χ1) is 10.3. The van der Waals surface area contributed by atoms with Crippen molar-refractivity contribution in [1.82, 2.24) is 14.7 Å². The lowest BCUT2D eigenvalue weighted by Crippen LogP contribution is -2.53. The van der Waals surface area contributed by atoms with E-state index in [1.807, 2.05) is 18.7 Å². The van der Waals surface area contributed by atoms with Crippen LogP contribution in [0.3, 0.4) is 0 Å². The van der Waals surface area contributed by atoms with E-state index >= 15 is 0 Å². The van der Waals surface area contributed by atoms with Crippen LogP contribution in [0.2, 0.25) is 0 Å². The zero-order valence-electron chi connectivity index (χ0n) is 13.2. The van der Waals surface area contributed by atoms with E-state index in [4.69, 9.17) is 22.1 Å². The van der Waals surface area contributed by atoms with Crippen LogP contribution in [0.15, 0.2) is 0 Å². The summed E-state index contributed by atoms with van der Waals surface area (Å²) >= 11 is 5.54. The number of ether oxygens (including phenoxy) is 1. The molecule has 124 valence electrons. The zero-order chi connectivity index (χ0) is 16.5. The Hall–Kier alpha value is -1.57. The van der Waals surface area contributed by atoms with Gasteiger partial charge in [-0.15, -0.1) is 0 Å². The van der Waals surface area contributed by atoms with Gasteiger partial charge in [-0.25, -0.2) is 4.79 Å². The lowest BCUT2D eigenvalue weighted by atomic mass is 9.98. The molecule has 0 aromatic carbocycles. The zero-order valence-corrected chi connectivity index (χ0v) is 14.1. The van der Waals surface area contributed by atoms with Crippen molar-refractivity contribution in [2.75, 3.05) is 32.8 Å². The molecule has 2 heterocycles. The summed E-state index contributed by atoms with van der Waals surface area (Å²) in [6, 6.07) is 0.0545. The number of fused-ring (bicyclic) bond motifs is 1. The van der Waals surface area contributed by atoms with Crippen molar-refractivity contribution in [3.63, 3.8) is 0 Å². The normalized spacial score (nSPS) is 21.9. The monoisotopic (exact) mass is 329 g/mol. The molecule has 0 radical (unpaired) electrons. The smallest absolute Gasteiger partial charge is 0.407 e. The molecule has 2 aliphatic rings. The van der Waals surface area contributed by atoms with Gasteiger partial charge in [0.1, 0.15) is 0 Å². The Balaban J connectivity index is 2.06. The van der Waals surface area contributed by atoms with Gasteiger partial charge in [-0.05, 0) is 33.0 Å². The van der Waals surface area contributed by atoms with Crippen molar-refractivity contribution in [2.45, 2.75) is 38.8 Å². The first-order valence-corrected chi connectivity index (χ1v) is 7.89. The van der Waals surface area contributed by atoms with Crippen molar-refractivity contribution in [3.05, 3.63) is 0 Å². The van der Waals surface area contributed by atoms with E-state index in [9.17, 15) is 9.59 Å². The lowest BCUT2D eigenvalue weighted by molar-refractivity contribution is -0.145. The molecule has 22 heavy (non-hydrogen) atoms. The predicted molar refractivity (Wildman–Crippen MR) is 84.7 cm³/mol. The van der Waals surface area contributed by atoms with Crippen LogP contribution in [0.4, 0.5) is 4.79 Å². The molecule has 2 fully saturated rings. The Morgan fingerprint density at radius 1 is 1.36 bits per heavy atom. The maximum Gasteiger partial charge on any atom is 0.407 e. The number of esters is 1. The minimum atomic E-state index is -0.894. The molecule has 1 N–H and O–H groups in total. The van der Waals surface area contributed by atoms with Gasteiger partial charge < -0.3 is 24.5 Å². The molecule has 0 saturated carbocycles. The number of thiocarbonyl (C=S) groups is 1. The average molecular weight is 329 g/mol. The number of carbonyl (C=O) groups is 2. The van der Waals surface area contributed by atoms with Crippen LogP contribution >= 0.6 is 12.2 Å². The van der Waals surface area contributed by atoms with Crippen LogP contribution in [0.1, 0.15) is 27.2 Å². The molecule has 8 heteroatoms. The summed E-state index contributed by atoms with van der Waals surface area (Å²) in [5.41, 5.74) is -0.450. The Morgan fingerprint density at radius 2 is 2.05 bits per heavy atom. The van der Waals surface area contributed by atoms with Gasteiger partial charge >= 0.3 is 12.1 Å². The molecule has 0 aliphatic carbocycles. The second-order valence-corrected chi connectivity index (χ2v) is 6.63. The van der Waals surface area contributed by atoms with Crippen LogP contribution in [-0.4, -0.2) is 81.3 Å². The van der Waals surface area contributed by atoms with Gasteiger partial charge in [-0.3, -0.25) is 4.79 Å². The van der Waals surface area contributed by atoms with Gasteiger partial charge in [0, 0.05) is 31.7 Å². The number of amides is 1. The second kappa shape index (κ2) is 6.28. The van der Waals surface area contributed by atoms with Crippen LogP contribution in [-0.2, 0) is 9.53 Å². The Labute approximate surface area is 135 Å². The quantitative estimate of drug-likeness (QED) is 0.609. The Kier molecular flexibility index (Phi) is 4.79. The molecular weight excluding hydrogens is 306 g/mol. The number of hydrogen-bond donors (Lipinski definition) is 1. The summed E-state index contributed by atoms with van der Waals surface area (Å²) in [7, 11) is 0. The molecule has 0 aromatic rings. The predicted octanol–water partition coefficient (Wildman–Crippen LogP) is 0.983. The van der Waals surface area contributed by atoms with E-state index in [1.165, 1.54) is 4.90 Å². The molecule has 1 unspecified atom stereocenters. The summed E-state index contributed by atoms with van der Waals surface area (Å²) in [5, 5.41) is 9.83. The van der Waals surface area contributed by atoms with E-state index in [0.29, 0.717) is 37.9 Å². The fourth-order valence-corrected chi connectivity index (χ4v) is 3.61. The number of piperazine rings is 1. The Bertz CT molecular complexity index is 483. The molecule has 1 amide bonds. The van der Waals surface area contributed by atoms with Crippen molar-refractivity contribution in [2.24, 2.45) is 0 Å². The average Bonchev–Trinajstić information content (AvgIpc) is 2.76. The fourth-order valence-electron chi connectivity index (χ4n) is 3.05. The van der Waals surface area contributed by atoms with Gasteiger partial charge in [0.25, 0.3) is 0 Å². The molecular formula is C14H23N3O4S. The topological polar surface area (TPSA) is 73.3 Å². The number of carboxylic acid groups (broad SMARTS) is 1. The van der Waals surface area contributed by atoms with Crippen LogP contribution < -0.4 is 0 Å². The first kappa shape index (κ1) is 16.8. The largest absolute Gasteiger partial charge is 0.466 e. The summed E-state index contributed by atoms with van der Waals surface area (Å²) < 4.78 is 5.03. The van der Waals surface area contributed by atoms with Crippen LogP contribution in [0, 0.1) is 0 Å². The number of carbonyl (C=O) groups excluding carboxylic acids is 1. The van der Waals surface area contributed by atoms with Crippen LogP contribution in [0.25, 0.3) is 0 Å².